The first-order valence-electron chi connectivity index (χ1n) is 7.62. The first kappa shape index (κ1) is 17.0. The summed E-state index contributed by atoms with van der Waals surface area (Å²) in [5, 5.41) is 14.0. The molecule has 1 aliphatic carbocycles. The van der Waals surface area contributed by atoms with Crippen LogP contribution in [0.15, 0.2) is 30.5 Å². The van der Waals surface area contributed by atoms with Crippen molar-refractivity contribution < 1.29 is 18.1 Å². The topological polar surface area (TPSA) is 94.1 Å². The lowest BCUT2D eigenvalue weighted by Gasteiger charge is -2.27. The Kier molecular flexibility index (Phi) is 4.23. The summed E-state index contributed by atoms with van der Waals surface area (Å²) < 4.78 is 38.7. The van der Waals surface area contributed by atoms with Crippen molar-refractivity contribution in [2.45, 2.75) is 31.5 Å². The second-order valence-corrected chi connectivity index (χ2v) is 5.89. The maximum Gasteiger partial charge on any atom is 0.433 e. The predicted octanol–water partition coefficient (Wildman–Crippen LogP) is 4.08. The first-order chi connectivity index (χ1) is 11.8. The number of fused-ring (bicyclic) bond motifs is 1. The number of nitrogens with one attached hydrogen (secondary N) is 1. The predicted molar refractivity (Wildman–Crippen MR) is 86.0 cm³/mol. The second-order valence-electron chi connectivity index (χ2n) is 5.89. The molecular weight excluding hydrogens is 337 g/mol. The molecule has 0 fully saturated rings. The summed E-state index contributed by atoms with van der Waals surface area (Å²) in [6, 6.07) is 5.70. The zero-order valence-electron chi connectivity index (χ0n) is 13.0. The van der Waals surface area contributed by atoms with E-state index in [1.54, 1.807) is 12.1 Å². The second kappa shape index (κ2) is 6.23. The average molecular weight is 352 g/mol. The molecule has 1 aromatic carbocycles. The molecule has 0 radical (unpaired) electrons. The largest absolute Gasteiger partial charge is 0.433 e. The third-order valence-electron chi connectivity index (χ3n) is 4.18. The van der Waals surface area contributed by atoms with Gasteiger partial charge in [0.2, 0.25) is 0 Å². The van der Waals surface area contributed by atoms with Crippen LogP contribution in [0.5, 0.6) is 0 Å². The van der Waals surface area contributed by atoms with Crippen LogP contribution in [0.4, 0.5) is 30.2 Å². The number of benzene rings is 1. The Balaban J connectivity index is 1.99. The van der Waals surface area contributed by atoms with Crippen LogP contribution in [0.2, 0.25) is 0 Å². The highest BCUT2D eigenvalue weighted by atomic mass is 19.4. The summed E-state index contributed by atoms with van der Waals surface area (Å²) in [7, 11) is 0. The molecule has 0 bridgehead atoms. The zero-order chi connectivity index (χ0) is 18.2. The molecular formula is C16H15F3N4O2. The SMILES string of the molecule is Nc1ccc2c(c1)CCCC2Nc1cc(C(F)(F)F)ncc1[N+](=O)[O-]. The van der Waals surface area contributed by atoms with E-state index in [-0.39, 0.29) is 11.7 Å². The Morgan fingerprint density at radius 2 is 2.08 bits per heavy atom. The number of alkyl halides is 3. The van der Waals surface area contributed by atoms with Crippen molar-refractivity contribution in [3.63, 3.8) is 0 Å². The standard InChI is InChI=1S/C16H15F3N4O2/c17-16(18,19)15-7-13(14(8-21-15)23(24)25)22-12-3-1-2-9-6-10(20)4-5-11(9)12/h4-8,12H,1-3,20H2,(H,21,22). The minimum Gasteiger partial charge on any atom is -0.399 e. The number of nitrogens with zero attached hydrogens (tertiary/aromatic N) is 2. The van der Waals surface area contributed by atoms with Crippen LogP contribution in [0.25, 0.3) is 0 Å². The number of nitrogen functional groups attached to an aromatic ring is 1. The van der Waals surface area contributed by atoms with Gasteiger partial charge >= 0.3 is 11.9 Å². The highest BCUT2D eigenvalue weighted by Gasteiger charge is 2.35. The molecule has 3 rings (SSSR count). The molecule has 0 saturated heterocycles. The minimum atomic E-state index is -4.68. The quantitative estimate of drug-likeness (QED) is 0.493. The van der Waals surface area contributed by atoms with Crippen LogP contribution in [0, 0.1) is 10.1 Å². The fourth-order valence-electron chi connectivity index (χ4n) is 3.04. The molecule has 132 valence electrons. The van der Waals surface area contributed by atoms with E-state index in [0.717, 1.165) is 24.0 Å². The smallest absolute Gasteiger partial charge is 0.399 e. The maximum atomic E-state index is 12.9. The van der Waals surface area contributed by atoms with E-state index in [9.17, 15) is 23.3 Å². The summed E-state index contributed by atoms with van der Waals surface area (Å²) in [6.07, 6.45) is -1.77. The molecule has 1 aromatic heterocycles. The summed E-state index contributed by atoms with van der Waals surface area (Å²) >= 11 is 0. The normalized spacial score (nSPS) is 17.0. The lowest BCUT2D eigenvalue weighted by molar-refractivity contribution is -0.384. The van der Waals surface area contributed by atoms with E-state index in [1.165, 1.54) is 0 Å². The molecule has 0 saturated carbocycles. The Morgan fingerprint density at radius 3 is 2.76 bits per heavy atom. The van der Waals surface area contributed by atoms with Crippen molar-refractivity contribution in [2.75, 3.05) is 11.1 Å². The number of rotatable bonds is 3. The van der Waals surface area contributed by atoms with E-state index < -0.39 is 22.5 Å². The third kappa shape index (κ3) is 3.49. The van der Waals surface area contributed by atoms with Crippen LogP contribution in [0.3, 0.4) is 0 Å². The van der Waals surface area contributed by atoms with Crippen LogP contribution >= 0.6 is 0 Å². The van der Waals surface area contributed by atoms with Gasteiger partial charge in [0.1, 0.15) is 17.6 Å². The van der Waals surface area contributed by atoms with Gasteiger partial charge in [0.15, 0.2) is 0 Å². The van der Waals surface area contributed by atoms with Crippen molar-refractivity contribution in [2.24, 2.45) is 0 Å². The van der Waals surface area contributed by atoms with Gasteiger partial charge in [-0.3, -0.25) is 10.1 Å². The lowest BCUT2D eigenvalue weighted by Crippen LogP contribution is -2.19. The van der Waals surface area contributed by atoms with Gasteiger partial charge < -0.3 is 11.1 Å². The van der Waals surface area contributed by atoms with Gasteiger partial charge in [-0.05, 0) is 48.6 Å². The summed E-state index contributed by atoms with van der Waals surface area (Å²) in [5.41, 5.74) is 6.40. The van der Waals surface area contributed by atoms with E-state index in [0.29, 0.717) is 24.4 Å². The number of aryl methyl sites for hydroxylation is 1. The number of hydrogen-bond acceptors (Lipinski definition) is 5. The van der Waals surface area contributed by atoms with Crippen LogP contribution in [-0.4, -0.2) is 9.91 Å². The first-order valence-corrected chi connectivity index (χ1v) is 7.62. The number of halogens is 3. The Morgan fingerprint density at radius 1 is 1.32 bits per heavy atom. The number of aromatic nitrogens is 1. The van der Waals surface area contributed by atoms with E-state index in [4.69, 9.17) is 5.73 Å². The minimum absolute atomic E-state index is 0.193. The van der Waals surface area contributed by atoms with E-state index in [2.05, 4.69) is 10.3 Å². The summed E-state index contributed by atoms with van der Waals surface area (Å²) in [4.78, 5) is 13.6. The molecule has 0 spiro atoms. The molecule has 1 atom stereocenters. The van der Waals surface area contributed by atoms with Crippen LogP contribution in [0.1, 0.15) is 35.7 Å². The lowest BCUT2D eigenvalue weighted by atomic mass is 9.87. The molecule has 6 nitrogen and oxygen atoms in total. The molecule has 1 unspecified atom stereocenters. The molecule has 2 aromatic rings. The van der Waals surface area contributed by atoms with Crippen molar-refractivity contribution in [1.82, 2.24) is 4.98 Å². The molecule has 0 aliphatic heterocycles. The van der Waals surface area contributed by atoms with Crippen molar-refractivity contribution in [3.05, 3.63) is 57.4 Å². The van der Waals surface area contributed by atoms with Gasteiger partial charge in [-0.1, -0.05) is 6.07 Å². The van der Waals surface area contributed by atoms with Gasteiger partial charge in [0, 0.05) is 5.69 Å². The monoisotopic (exact) mass is 352 g/mol. The van der Waals surface area contributed by atoms with E-state index >= 15 is 0 Å². The number of anilines is 2. The van der Waals surface area contributed by atoms with Gasteiger partial charge in [0.25, 0.3) is 0 Å². The van der Waals surface area contributed by atoms with Crippen molar-refractivity contribution in [1.29, 1.82) is 0 Å². The zero-order valence-corrected chi connectivity index (χ0v) is 13.0. The molecule has 25 heavy (non-hydrogen) atoms. The average Bonchev–Trinajstić information content (AvgIpc) is 2.53. The van der Waals surface area contributed by atoms with Gasteiger partial charge in [0.05, 0.1) is 11.0 Å². The Labute approximate surface area is 141 Å². The molecule has 3 N–H and O–H groups in total. The van der Waals surface area contributed by atoms with Crippen LogP contribution < -0.4 is 11.1 Å². The fourth-order valence-corrected chi connectivity index (χ4v) is 3.04. The molecule has 1 heterocycles. The molecule has 1 aliphatic rings. The summed E-state index contributed by atoms with van der Waals surface area (Å²) in [6.45, 7) is 0. The number of hydrogen-bond donors (Lipinski definition) is 2. The van der Waals surface area contributed by atoms with Crippen LogP contribution in [-0.2, 0) is 12.6 Å². The fraction of sp³-hybridized carbons (Fsp3) is 0.312. The number of nitro groups is 1. The highest BCUT2D eigenvalue weighted by Crippen LogP contribution is 2.38. The van der Waals surface area contributed by atoms with Gasteiger partial charge in [-0.25, -0.2) is 4.98 Å². The van der Waals surface area contributed by atoms with Gasteiger partial charge in [-0.2, -0.15) is 13.2 Å². The van der Waals surface area contributed by atoms with Crippen molar-refractivity contribution >= 4 is 17.1 Å². The Bertz CT molecular complexity index is 824. The number of nitrogens with two attached hydrogens (primary N) is 1. The van der Waals surface area contributed by atoms with Crippen molar-refractivity contribution in [3.8, 4) is 0 Å². The third-order valence-corrected chi connectivity index (χ3v) is 4.18. The molecule has 0 amide bonds. The van der Waals surface area contributed by atoms with Gasteiger partial charge in [-0.15, -0.1) is 0 Å². The van der Waals surface area contributed by atoms with E-state index in [1.807, 2.05) is 6.07 Å². The molecule has 9 heteroatoms. The highest BCUT2D eigenvalue weighted by molar-refractivity contribution is 5.63. The maximum absolute atomic E-state index is 12.9. The summed E-state index contributed by atoms with van der Waals surface area (Å²) in [5.74, 6) is 0. The Hall–Kier alpha value is -2.84. The number of pyridine rings is 1.